The number of nitrogens with one attached hydrogen (secondary N) is 2. The summed E-state index contributed by atoms with van der Waals surface area (Å²) in [6, 6.07) is 18.4. The number of likely N-dealkylation sites (N-methyl/N-ethyl adjacent to an activating group) is 1. The van der Waals surface area contributed by atoms with E-state index in [1.807, 2.05) is 96.1 Å². The van der Waals surface area contributed by atoms with Crippen molar-refractivity contribution in [2.24, 2.45) is 0 Å². The molecule has 1 unspecified atom stereocenters. The van der Waals surface area contributed by atoms with Crippen molar-refractivity contribution < 1.29 is 19.1 Å². The van der Waals surface area contributed by atoms with Crippen molar-refractivity contribution in [2.45, 2.75) is 58.5 Å². The molecule has 252 valence electrons. The maximum Gasteiger partial charge on any atom is 0.260 e. The summed E-state index contributed by atoms with van der Waals surface area (Å²) >= 11 is 7.87. The first-order chi connectivity index (χ1) is 23.1. The molecule has 0 aliphatic carbocycles. The van der Waals surface area contributed by atoms with Gasteiger partial charge in [-0.3, -0.25) is 9.59 Å². The second-order valence-electron chi connectivity index (χ2n) is 11.4. The quantitative estimate of drug-likeness (QED) is 0.140. The number of hydrogen-bond donors (Lipinski definition) is 2. The Hall–Kier alpha value is -4.48. The van der Waals surface area contributed by atoms with Gasteiger partial charge in [-0.05, 0) is 82.5 Å². The van der Waals surface area contributed by atoms with Crippen LogP contribution in [0.4, 0.5) is 11.6 Å². The third-order valence-corrected chi connectivity index (χ3v) is 9.33. The molecule has 1 aliphatic rings. The molecule has 0 spiro atoms. The monoisotopic (exact) mass is 688 g/mol. The lowest BCUT2D eigenvalue weighted by Crippen LogP contribution is -2.34. The summed E-state index contributed by atoms with van der Waals surface area (Å²) in [5.74, 6) is 1.60. The number of allylic oxidation sites excluding steroid dienone is 1. The molecular weight excluding hydrogens is 648 g/mol. The number of rotatable bonds is 13. The number of benzene rings is 3. The molecule has 0 radical (unpaired) electrons. The third-order valence-electron chi connectivity index (χ3n) is 8.07. The van der Waals surface area contributed by atoms with Crippen LogP contribution >= 0.6 is 23.4 Å². The number of aryl methyl sites for hydroxylation is 2. The van der Waals surface area contributed by atoms with E-state index in [1.54, 1.807) is 15.6 Å². The van der Waals surface area contributed by atoms with Gasteiger partial charge < -0.3 is 25.0 Å². The summed E-state index contributed by atoms with van der Waals surface area (Å²) in [4.78, 5) is 33.3. The highest BCUT2D eigenvalue weighted by molar-refractivity contribution is 7.98. The fourth-order valence-corrected chi connectivity index (χ4v) is 6.70. The van der Waals surface area contributed by atoms with Crippen molar-refractivity contribution in [3.63, 3.8) is 0 Å². The van der Waals surface area contributed by atoms with Crippen LogP contribution in [0.15, 0.2) is 77.1 Å². The molecule has 5 rings (SSSR count). The van der Waals surface area contributed by atoms with Crippen LogP contribution in [0.2, 0.25) is 5.02 Å². The van der Waals surface area contributed by atoms with Crippen LogP contribution in [-0.2, 0) is 15.3 Å². The van der Waals surface area contributed by atoms with Crippen LogP contribution in [-0.4, -0.2) is 57.8 Å². The number of ether oxygens (including phenoxy) is 2. The number of anilines is 2. The predicted octanol–water partition coefficient (Wildman–Crippen LogP) is 7.41. The number of nitrogens with zero attached hydrogens (tertiary/aromatic N) is 4. The largest absolute Gasteiger partial charge is 0.490 e. The second kappa shape index (κ2) is 15.6. The molecule has 1 aliphatic heterocycles. The van der Waals surface area contributed by atoms with E-state index < -0.39 is 6.04 Å². The van der Waals surface area contributed by atoms with E-state index in [1.165, 1.54) is 11.8 Å². The summed E-state index contributed by atoms with van der Waals surface area (Å²) in [6.07, 6.45) is 0. The second-order valence-corrected chi connectivity index (χ2v) is 12.7. The van der Waals surface area contributed by atoms with Gasteiger partial charge in [0.25, 0.3) is 11.8 Å². The lowest BCUT2D eigenvalue weighted by molar-refractivity contribution is -0.133. The zero-order chi connectivity index (χ0) is 34.4. The molecule has 2 heterocycles. The Morgan fingerprint density at radius 2 is 1.77 bits per heavy atom. The number of carbonyl (C=O) groups excluding carboxylic acids is 2. The third kappa shape index (κ3) is 7.79. The summed E-state index contributed by atoms with van der Waals surface area (Å²) in [7, 11) is 0. The van der Waals surface area contributed by atoms with Gasteiger partial charge in [-0.1, -0.05) is 65.3 Å². The fraction of sp³-hybridized carbons (Fsp3) is 0.333. The molecule has 0 bridgehead atoms. The van der Waals surface area contributed by atoms with Crippen molar-refractivity contribution in [3.8, 4) is 11.5 Å². The lowest BCUT2D eigenvalue weighted by Gasteiger charge is -2.29. The first-order valence-corrected chi connectivity index (χ1v) is 17.4. The molecule has 2 N–H and O–H groups in total. The van der Waals surface area contributed by atoms with Gasteiger partial charge in [0, 0.05) is 35.2 Å². The molecule has 1 aromatic heterocycles. The standard InChI is InChI=1S/C36H41ClN6O4S/c1-7-42(8-2)31(44)20-47-29-17-15-25(19-30(29)46-9-3)33-32(34(45)39-28-16-14-22(4)18-23(28)5)24(6)38-35-40-36(41-43(33)35)48-21-26-12-10-11-13-27(26)37/h10-19,33H,7-9,20-21H2,1-6H3,(H,39,45)(H,38,40,41). The Morgan fingerprint density at radius 3 is 2.48 bits per heavy atom. The topological polar surface area (TPSA) is 111 Å². The Bertz CT molecular complexity index is 1840. The van der Waals surface area contributed by atoms with Crippen LogP contribution in [0.5, 0.6) is 11.5 Å². The average molecular weight is 689 g/mol. The zero-order valence-corrected chi connectivity index (χ0v) is 29.7. The highest BCUT2D eigenvalue weighted by Crippen LogP contribution is 2.40. The minimum Gasteiger partial charge on any atom is -0.490 e. The van der Waals surface area contributed by atoms with Crippen molar-refractivity contribution >= 4 is 46.8 Å². The Labute approximate surface area is 290 Å². The van der Waals surface area contributed by atoms with Crippen molar-refractivity contribution in [2.75, 3.05) is 36.9 Å². The maximum atomic E-state index is 14.2. The number of carbonyl (C=O) groups is 2. The van der Waals surface area contributed by atoms with Crippen LogP contribution in [0.3, 0.4) is 0 Å². The highest BCUT2D eigenvalue weighted by atomic mass is 35.5. The molecule has 0 saturated carbocycles. The van der Waals surface area contributed by atoms with E-state index in [0.29, 0.717) is 64.3 Å². The first kappa shape index (κ1) is 34.8. The van der Waals surface area contributed by atoms with E-state index in [0.717, 1.165) is 27.9 Å². The van der Waals surface area contributed by atoms with Crippen molar-refractivity contribution in [1.82, 2.24) is 19.7 Å². The molecule has 12 heteroatoms. The highest BCUT2D eigenvalue weighted by Gasteiger charge is 2.35. The fourth-order valence-electron chi connectivity index (χ4n) is 5.59. The molecule has 10 nitrogen and oxygen atoms in total. The molecule has 1 atom stereocenters. The summed E-state index contributed by atoms with van der Waals surface area (Å²) < 4.78 is 13.7. The average Bonchev–Trinajstić information content (AvgIpc) is 3.47. The molecular formula is C36H41ClN6O4S. The number of thioether (sulfide) groups is 1. The van der Waals surface area contributed by atoms with Crippen LogP contribution < -0.4 is 20.1 Å². The number of fused-ring (bicyclic) bond motifs is 1. The Balaban J connectivity index is 1.52. The van der Waals surface area contributed by atoms with Gasteiger partial charge in [0.1, 0.15) is 6.04 Å². The molecule has 0 fully saturated rings. The van der Waals surface area contributed by atoms with Crippen LogP contribution in [0.1, 0.15) is 56.0 Å². The van der Waals surface area contributed by atoms with E-state index in [-0.39, 0.29) is 18.4 Å². The molecule has 48 heavy (non-hydrogen) atoms. The summed E-state index contributed by atoms with van der Waals surface area (Å²) in [5, 5.41) is 12.5. The normalized spacial score (nSPS) is 13.9. The van der Waals surface area contributed by atoms with E-state index in [9.17, 15) is 9.59 Å². The van der Waals surface area contributed by atoms with E-state index >= 15 is 0 Å². The first-order valence-electron chi connectivity index (χ1n) is 16.0. The minimum absolute atomic E-state index is 0.108. The van der Waals surface area contributed by atoms with Gasteiger partial charge in [0.2, 0.25) is 11.1 Å². The zero-order valence-electron chi connectivity index (χ0n) is 28.1. The Kier molecular flexibility index (Phi) is 11.3. The number of hydrogen-bond acceptors (Lipinski definition) is 8. The van der Waals surface area contributed by atoms with E-state index in [2.05, 4.69) is 10.6 Å². The predicted molar refractivity (Wildman–Crippen MR) is 191 cm³/mol. The SMILES string of the molecule is CCOc1cc(C2C(C(=O)Nc3ccc(C)cc3C)=C(C)Nc3nc(SCc4ccccc4Cl)nn32)ccc1OCC(=O)N(CC)CC. The van der Waals surface area contributed by atoms with Gasteiger partial charge in [-0.2, -0.15) is 4.98 Å². The number of amides is 2. The number of aromatic nitrogens is 3. The Morgan fingerprint density at radius 1 is 1.00 bits per heavy atom. The van der Waals surface area contributed by atoms with Crippen LogP contribution in [0.25, 0.3) is 0 Å². The van der Waals surface area contributed by atoms with Crippen LogP contribution in [0, 0.1) is 13.8 Å². The van der Waals surface area contributed by atoms with Gasteiger partial charge in [0.05, 0.1) is 12.2 Å². The lowest BCUT2D eigenvalue weighted by atomic mass is 9.94. The van der Waals surface area contributed by atoms with Gasteiger partial charge in [-0.15, -0.1) is 5.10 Å². The molecule has 2 amide bonds. The minimum atomic E-state index is -0.653. The molecule has 4 aromatic rings. The molecule has 3 aromatic carbocycles. The van der Waals surface area contributed by atoms with Crippen molar-refractivity contribution in [1.29, 1.82) is 0 Å². The van der Waals surface area contributed by atoms with Gasteiger partial charge in [-0.25, -0.2) is 4.68 Å². The maximum absolute atomic E-state index is 14.2. The van der Waals surface area contributed by atoms with E-state index in [4.69, 9.17) is 31.2 Å². The van der Waals surface area contributed by atoms with Crippen molar-refractivity contribution in [3.05, 3.63) is 99.2 Å². The summed E-state index contributed by atoms with van der Waals surface area (Å²) in [6.45, 7) is 13.1. The smallest absolute Gasteiger partial charge is 0.260 e. The van der Waals surface area contributed by atoms with Gasteiger partial charge in [0.15, 0.2) is 18.1 Å². The molecule has 0 saturated heterocycles. The summed E-state index contributed by atoms with van der Waals surface area (Å²) in [5.41, 5.74) is 5.62. The number of halogens is 1. The van der Waals surface area contributed by atoms with Gasteiger partial charge >= 0.3 is 0 Å².